The van der Waals surface area contributed by atoms with Gasteiger partial charge in [-0.2, -0.15) is 0 Å². The highest BCUT2D eigenvalue weighted by Crippen LogP contribution is 2.31. The first-order valence-electron chi connectivity index (χ1n) is 7.18. The van der Waals surface area contributed by atoms with Crippen molar-refractivity contribution >= 4 is 17.7 Å². The van der Waals surface area contributed by atoms with Crippen LogP contribution in [-0.4, -0.2) is 13.0 Å². The number of alkyl halides is 1. The number of hydrogen-bond acceptors (Lipinski definition) is 1. The van der Waals surface area contributed by atoms with E-state index in [-0.39, 0.29) is 0 Å². The van der Waals surface area contributed by atoms with E-state index in [2.05, 4.69) is 30.3 Å². The maximum absolute atomic E-state index is 6.14. The summed E-state index contributed by atoms with van der Waals surface area (Å²) in [6.07, 6.45) is 8.98. The predicted octanol–water partition coefficient (Wildman–Crippen LogP) is 5.04. The molecule has 2 heteroatoms. The van der Waals surface area contributed by atoms with Crippen molar-refractivity contribution < 1.29 is 4.74 Å². The minimum absolute atomic E-state index is 0.657. The average Bonchev–Trinajstić information content (AvgIpc) is 2.48. The Bertz CT molecular complexity index is 402. The molecule has 0 aliphatic heterocycles. The summed E-state index contributed by atoms with van der Waals surface area (Å²) in [5, 5.41) is 0. The van der Waals surface area contributed by atoms with Crippen LogP contribution in [-0.2, 0) is 11.3 Å². The first-order chi connectivity index (χ1) is 9.33. The van der Waals surface area contributed by atoms with E-state index in [9.17, 15) is 0 Å². The summed E-state index contributed by atoms with van der Waals surface area (Å²) < 4.78 is 5.13. The molecule has 0 atom stereocenters. The number of benzene rings is 1. The van der Waals surface area contributed by atoms with Gasteiger partial charge >= 0.3 is 0 Å². The Kier molecular flexibility index (Phi) is 5.93. The molecule has 1 fully saturated rings. The Morgan fingerprint density at radius 2 is 1.89 bits per heavy atom. The van der Waals surface area contributed by atoms with Crippen LogP contribution in [0.1, 0.15) is 43.2 Å². The van der Waals surface area contributed by atoms with E-state index in [1.807, 2.05) is 0 Å². The van der Waals surface area contributed by atoms with Crippen LogP contribution in [0.3, 0.4) is 0 Å². The van der Waals surface area contributed by atoms with Gasteiger partial charge in [0.05, 0.1) is 6.61 Å². The van der Waals surface area contributed by atoms with E-state index in [0.29, 0.717) is 18.4 Å². The Morgan fingerprint density at radius 1 is 1.21 bits per heavy atom. The zero-order valence-corrected chi connectivity index (χ0v) is 12.5. The molecule has 0 radical (unpaired) electrons. The standard InChI is InChI=1S/C17H23ClO/c1-19-13-15-9-7-14(8-10-15)11-17(12-18)16-5-3-2-4-6-16/h7-11,16H,2-6,12-13H2,1H3. The normalized spacial score (nSPS) is 17.7. The second-order valence-electron chi connectivity index (χ2n) is 5.36. The van der Waals surface area contributed by atoms with Gasteiger partial charge in [-0.3, -0.25) is 0 Å². The van der Waals surface area contributed by atoms with Crippen molar-refractivity contribution in [3.63, 3.8) is 0 Å². The van der Waals surface area contributed by atoms with Crippen LogP contribution in [0.2, 0.25) is 0 Å². The molecule has 1 saturated carbocycles. The Labute approximate surface area is 121 Å². The molecule has 2 rings (SSSR count). The maximum Gasteiger partial charge on any atom is 0.0713 e. The van der Waals surface area contributed by atoms with Gasteiger partial charge in [-0.25, -0.2) is 0 Å². The lowest BCUT2D eigenvalue weighted by Gasteiger charge is -2.23. The Morgan fingerprint density at radius 3 is 2.47 bits per heavy atom. The molecule has 0 amide bonds. The summed E-state index contributed by atoms with van der Waals surface area (Å²) >= 11 is 6.14. The molecular weight excluding hydrogens is 256 g/mol. The lowest BCUT2D eigenvalue weighted by Crippen LogP contribution is -2.10. The molecule has 1 nitrogen and oxygen atoms in total. The minimum atomic E-state index is 0.657. The van der Waals surface area contributed by atoms with Crippen molar-refractivity contribution in [2.45, 2.75) is 38.7 Å². The first-order valence-corrected chi connectivity index (χ1v) is 7.71. The smallest absolute Gasteiger partial charge is 0.0713 e. The van der Waals surface area contributed by atoms with Crippen molar-refractivity contribution in [2.24, 2.45) is 5.92 Å². The quantitative estimate of drug-likeness (QED) is 0.686. The lowest BCUT2D eigenvalue weighted by atomic mass is 9.83. The summed E-state index contributed by atoms with van der Waals surface area (Å²) in [4.78, 5) is 0. The third kappa shape index (κ3) is 4.36. The molecule has 1 aliphatic carbocycles. The first kappa shape index (κ1) is 14.6. The topological polar surface area (TPSA) is 9.23 Å². The largest absolute Gasteiger partial charge is 0.380 e. The average molecular weight is 279 g/mol. The van der Waals surface area contributed by atoms with Crippen LogP contribution in [0.5, 0.6) is 0 Å². The van der Waals surface area contributed by atoms with Crippen molar-refractivity contribution in [3.8, 4) is 0 Å². The van der Waals surface area contributed by atoms with Crippen molar-refractivity contribution in [1.29, 1.82) is 0 Å². The van der Waals surface area contributed by atoms with Gasteiger partial charge < -0.3 is 4.74 Å². The highest BCUT2D eigenvalue weighted by atomic mass is 35.5. The van der Waals surface area contributed by atoms with Gasteiger partial charge in [-0.1, -0.05) is 55.2 Å². The molecule has 0 aromatic heterocycles. The highest BCUT2D eigenvalue weighted by Gasteiger charge is 2.16. The summed E-state index contributed by atoms with van der Waals surface area (Å²) in [5.74, 6) is 1.36. The molecule has 1 aliphatic rings. The molecule has 104 valence electrons. The molecular formula is C17H23ClO. The van der Waals surface area contributed by atoms with E-state index in [1.165, 1.54) is 48.8 Å². The van der Waals surface area contributed by atoms with Gasteiger partial charge in [0.2, 0.25) is 0 Å². The van der Waals surface area contributed by atoms with Gasteiger partial charge in [-0.05, 0) is 29.9 Å². The van der Waals surface area contributed by atoms with Gasteiger partial charge in [0.25, 0.3) is 0 Å². The van der Waals surface area contributed by atoms with Crippen LogP contribution < -0.4 is 0 Å². The zero-order chi connectivity index (χ0) is 13.5. The number of ether oxygens (including phenoxy) is 1. The van der Waals surface area contributed by atoms with Gasteiger partial charge in [-0.15, -0.1) is 11.6 Å². The summed E-state index contributed by atoms with van der Waals surface area (Å²) in [6.45, 7) is 0.676. The third-order valence-corrected chi connectivity index (χ3v) is 4.24. The van der Waals surface area contributed by atoms with E-state index < -0.39 is 0 Å². The summed E-state index contributed by atoms with van der Waals surface area (Å²) in [5.41, 5.74) is 3.87. The second kappa shape index (κ2) is 7.72. The van der Waals surface area contributed by atoms with Gasteiger partial charge in [0, 0.05) is 13.0 Å². The molecule has 19 heavy (non-hydrogen) atoms. The third-order valence-electron chi connectivity index (χ3n) is 3.93. The van der Waals surface area contributed by atoms with Crippen LogP contribution in [0.25, 0.3) is 6.08 Å². The van der Waals surface area contributed by atoms with Crippen LogP contribution in [0.4, 0.5) is 0 Å². The zero-order valence-electron chi connectivity index (χ0n) is 11.7. The molecule has 1 aromatic rings. The molecule has 0 unspecified atom stereocenters. The van der Waals surface area contributed by atoms with Crippen molar-refractivity contribution in [2.75, 3.05) is 13.0 Å². The Balaban J connectivity index is 2.07. The van der Waals surface area contributed by atoms with Gasteiger partial charge in [0.15, 0.2) is 0 Å². The van der Waals surface area contributed by atoms with E-state index >= 15 is 0 Å². The highest BCUT2D eigenvalue weighted by molar-refractivity contribution is 6.19. The fourth-order valence-corrected chi connectivity index (χ4v) is 3.13. The van der Waals surface area contributed by atoms with Crippen molar-refractivity contribution in [1.82, 2.24) is 0 Å². The maximum atomic E-state index is 6.14. The Hall–Kier alpha value is -0.790. The monoisotopic (exact) mass is 278 g/mol. The minimum Gasteiger partial charge on any atom is -0.380 e. The van der Waals surface area contributed by atoms with Crippen LogP contribution >= 0.6 is 11.6 Å². The number of hydrogen-bond donors (Lipinski definition) is 0. The fourth-order valence-electron chi connectivity index (χ4n) is 2.83. The summed E-state index contributed by atoms with van der Waals surface area (Å²) in [7, 11) is 1.72. The van der Waals surface area contributed by atoms with Crippen LogP contribution in [0.15, 0.2) is 29.8 Å². The number of methoxy groups -OCH3 is 1. The number of rotatable bonds is 5. The predicted molar refractivity (Wildman–Crippen MR) is 82.4 cm³/mol. The molecule has 1 aromatic carbocycles. The molecule has 0 heterocycles. The van der Waals surface area contributed by atoms with Gasteiger partial charge in [0.1, 0.15) is 0 Å². The molecule has 0 N–H and O–H groups in total. The number of allylic oxidation sites excluding steroid dienone is 1. The second-order valence-corrected chi connectivity index (χ2v) is 5.63. The van der Waals surface area contributed by atoms with Crippen molar-refractivity contribution in [3.05, 3.63) is 41.0 Å². The van der Waals surface area contributed by atoms with E-state index in [0.717, 1.165) is 0 Å². The molecule has 0 bridgehead atoms. The van der Waals surface area contributed by atoms with E-state index in [1.54, 1.807) is 7.11 Å². The summed E-state index contributed by atoms with van der Waals surface area (Å²) in [6, 6.07) is 8.57. The van der Waals surface area contributed by atoms with E-state index in [4.69, 9.17) is 16.3 Å². The molecule has 0 saturated heterocycles. The number of halogens is 1. The SMILES string of the molecule is COCc1ccc(C=C(CCl)C2CCCCC2)cc1. The lowest BCUT2D eigenvalue weighted by molar-refractivity contribution is 0.185. The molecule has 0 spiro atoms. The van der Waals surface area contributed by atoms with Crippen LogP contribution in [0, 0.1) is 5.92 Å². The fraction of sp³-hybridized carbons (Fsp3) is 0.529.